The summed E-state index contributed by atoms with van der Waals surface area (Å²) >= 11 is 3.32. The summed E-state index contributed by atoms with van der Waals surface area (Å²) in [5.74, 6) is 0.755. The lowest BCUT2D eigenvalue weighted by molar-refractivity contribution is 0.0239. The second-order valence-corrected chi connectivity index (χ2v) is 5.59. The summed E-state index contributed by atoms with van der Waals surface area (Å²) in [6.45, 7) is 7.44. The predicted molar refractivity (Wildman–Crippen MR) is 65.9 cm³/mol. The fraction of sp³-hybridized carbons (Fsp3) is 0.545. The minimum Gasteiger partial charge on any atom is -0.388 e. The van der Waals surface area contributed by atoms with E-state index < -0.39 is 11.1 Å². The van der Waals surface area contributed by atoms with Gasteiger partial charge in [-0.3, -0.25) is 0 Å². The predicted octanol–water partition coefficient (Wildman–Crippen LogP) is 2.81. The molecule has 0 unspecified atom stereocenters. The van der Waals surface area contributed by atoms with Gasteiger partial charge in [0.1, 0.15) is 5.82 Å². The van der Waals surface area contributed by atoms with Crippen LogP contribution < -0.4 is 5.32 Å². The van der Waals surface area contributed by atoms with Gasteiger partial charge in [-0.15, -0.1) is 0 Å². The van der Waals surface area contributed by atoms with Crippen molar-refractivity contribution in [1.82, 2.24) is 4.98 Å². The molecule has 15 heavy (non-hydrogen) atoms. The number of nitrogens with zero attached hydrogens (tertiary/aromatic N) is 1. The molecular weight excluding hydrogens is 256 g/mol. The molecule has 0 aliphatic carbocycles. The van der Waals surface area contributed by atoms with E-state index in [4.69, 9.17) is 0 Å². The van der Waals surface area contributed by atoms with Crippen LogP contribution in [0.4, 0.5) is 5.82 Å². The van der Waals surface area contributed by atoms with Crippen LogP contribution in [0.5, 0.6) is 0 Å². The summed E-state index contributed by atoms with van der Waals surface area (Å²) in [6, 6.07) is 3.79. The van der Waals surface area contributed by atoms with E-state index in [0.717, 1.165) is 10.3 Å². The van der Waals surface area contributed by atoms with Gasteiger partial charge in [-0.2, -0.15) is 0 Å². The molecule has 0 radical (unpaired) electrons. The molecule has 0 aliphatic rings. The first-order valence-electron chi connectivity index (χ1n) is 4.84. The van der Waals surface area contributed by atoms with E-state index in [2.05, 4.69) is 26.2 Å². The normalized spacial score (nSPS) is 12.7. The van der Waals surface area contributed by atoms with Crippen molar-refractivity contribution in [3.05, 3.63) is 22.8 Å². The fourth-order valence-corrected chi connectivity index (χ4v) is 1.16. The summed E-state index contributed by atoms with van der Waals surface area (Å²) in [5, 5.41) is 13.2. The minimum atomic E-state index is -0.818. The highest BCUT2D eigenvalue weighted by Crippen LogP contribution is 2.25. The molecule has 3 nitrogen and oxygen atoms in total. The highest BCUT2D eigenvalue weighted by Gasteiger charge is 2.35. The highest BCUT2D eigenvalue weighted by molar-refractivity contribution is 9.10. The smallest absolute Gasteiger partial charge is 0.126 e. The first-order valence-corrected chi connectivity index (χ1v) is 5.64. The van der Waals surface area contributed by atoms with Crippen molar-refractivity contribution in [3.8, 4) is 0 Å². The van der Waals surface area contributed by atoms with E-state index in [9.17, 15) is 5.11 Å². The third-order valence-electron chi connectivity index (χ3n) is 2.70. The SMILES string of the molecule is CC(C)(O)C(C)(C)Nc1ccc(Br)cn1. The second-order valence-electron chi connectivity index (χ2n) is 4.67. The van der Waals surface area contributed by atoms with Gasteiger partial charge in [0.2, 0.25) is 0 Å². The lowest BCUT2D eigenvalue weighted by Crippen LogP contribution is -2.51. The van der Waals surface area contributed by atoms with Crippen molar-refractivity contribution in [2.75, 3.05) is 5.32 Å². The van der Waals surface area contributed by atoms with E-state index >= 15 is 0 Å². The monoisotopic (exact) mass is 272 g/mol. The number of pyridine rings is 1. The van der Waals surface area contributed by atoms with Crippen LogP contribution in [0, 0.1) is 0 Å². The van der Waals surface area contributed by atoms with Gasteiger partial charge in [0.25, 0.3) is 0 Å². The van der Waals surface area contributed by atoms with Crippen LogP contribution in [0.25, 0.3) is 0 Å². The molecule has 0 bridgehead atoms. The number of aromatic nitrogens is 1. The van der Waals surface area contributed by atoms with Gasteiger partial charge in [0, 0.05) is 10.7 Å². The Balaban J connectivity index is 2.82. The minimum absolute atomic E-state index is 0.437. The fourth-order valence-electron chi connectivity index (χ4n) is 0.923. The zero-order valence-corrected chi connectivity index (χ0v) is 11.1. The molecule has 1 aromatic rings. The standard InChI is InChI=1S/C11H17BrN2O/c1-10(2,11(3,4)15)14-9-6-5-8(12)7-13-9/h5-7,15H,1-4H3,(H,13,14). The maximum absolute atomic E-state index is 9.96. The topological polar surface area (TPSA) is 45.1 Å². The summed E-state index contributed by atoms with van der Waals surface area (Å²) in [6.07, 6.45) is 1.72. The van der Waals surface area contributed by atoms with E-state index in [-0.39, 0.29) is 0 Å². The number of hydrogen-bond donors (Lipinski definition) is 2. The maximum atomic E-state index is 9.96. The van der Waals surface area contributed by atoms with Crippen LogP contribution in [-0.4, -0.2) is 21.2 Å². The summed E-state index contributed by atoms with van der Waals surface area (Å²) < 4.78 is 0.939. The summed E-state index contributed by atoms with van der Waals surface area (Å²) in [5.41, 5.74) is -1.25. The van der Waals surface area contributed by atoms with Crippen molar-refractivity contribution in [1.29, 1.82) is 0 Å². The lowest BCUT2D eigenvalue weighted by atomic mass is 9.86. The molecule has 0 aromatic carbocycles. The molecule has 4 heteroatoms. The van der Waals surface area contributed by atoms with Crippen molar-refractivity contribution in [2.24, 2.45) is 0 Å². The number of halogens is 1. The average Bonchev–Trinajstić information content (AvgIpc) is 2.06. The van der Waals surface area contributed by atoms with E-state index in [1.807, 2.05) is 26.0 Å². The third kappa shape index (κ3) is 3.18. The second kappa shape index (κ2) is 4.10. The molecular formula is C11H17BrN2O. The largest absolute Gasteiger partial charge is 0.388 e. The molecule has 1 aromatic heterocycles. The zero-order chi connectivity index (χ0) is 11.7. The van der Waals surface area contributed by atoms with Crippen LogP contribution in [-0.2, 0) is 0 Å². The Labute approximate surface area is 99.1 Å². The maximum Gasteiger partial charge on any atom is 0.126 e. The molecule has 0 aliphatic heterocycles. The molecule has 84 valence electrons. The van der Waals surface area contributed by atoms with Crippen molar-refractivity contribution < 1.29 is 5.11 Å². The Morgan fingerprint density at radius 2 is 1.87 bits per heavy atom. The third-order valence-corrected chi connectivity index (χ3v) is 3.17. The first kappa shape index (κ1) is 12.5. The van der Waals surface area contributed by atoms with Gasteiger partial charge in [-0.1, -0.05) is 0 Å². The number of aliphatic hydroxyl groups is 1. The molecule has 0 saturated heterocycles. The number of nitrogens with one attached hydrogen (secondary N) is 1. The average molecular weight is 273 g/mol. The molecule has 2 N–H and O–H groups in total. The molecule has 0 amide bonds. The summed E-state index contributed by atoms with van der Waals surface area (Å²) in [4.78, 5) is 4.21. The van der Waals surface area contributed by atoms with Gasteiger partial charge in [-0.25, -0.2) is 4.98 Å². The lowest BCUT2D eigenvalue weighted by Gasteiger charge is -2.38. The van der Waals surface area contributed by atoms with E-state index in [1.165, 1.54) is 0 Å². The Kier molecular flexibility index (Phi) is 3.41. The van der Waals surface area contributed by atoms with E-state index in [0.29, 0.717) is 0 Å². The van der Waals surface area contributed by atoms with Crippen LogP contribution in [0.2, 0.25) is 0 Å². The van der Waals surface area contributed by atoms with Crippen molar-refractivity contribution in [3.63, 3.8) is 0 Å². The molecule has 0 spiro atoms. The van der Waals surface area contributed by atoms with E-state index in [1.54, 1.807) is 20.0 Å². The van der Waals surface area contributed by atoms with Crippen LogP contribution in [0.3, 0.4) is 0 Å². The molecule has 0 atom stereocenters. The van der Waals surface area contributed by atoms with Crippen LogP contribution in [0.1, 0.15) is 27.7 Å². The van der Waals surface area contributed by atoms with Gasteiger partial charge >= 0.3 is 0 Å². The molecule has 0 saturated carbocycles. The number of hydrogen-bond acceptors (Lipinski definition) is 3. The molecule has 1 rings (SSSR count). The Morgan fingerprint density at radius 3 is 2.27 bits per heavy atom. The number of rotatable bonds is 3. The molecule has 0 fully saturated rings. The summed E-state index contributed by atoms with van der Waals surface area (Å²) in [7, 11) is 0. The van der Waals surface area contributed by atoms with Gasteiger partial charge in [0.05, 0.1) is 11.1 Å². The molecule has 1 heterocycles. The van der Waals surface area contributed by atoms with Gasteiger partial charge < -0.3 is 10.4 Å². The zero-order valence-electron chi connectivity index (χ0n) is 9.50. The Bertz CT molecular complexity index is 327. The Hall–Kier alpha value is -0.610. The quantitative estimate of drug-likeness (QED) is 0.890. The van der Waals surface area contributed by atoms with Gasteiger partial charge in [0.15, 0.2) is 0 Å². The number of anilines is 1. The Morgan fingerprint density at radius 1 is 1.27 bits per heavy atom. The van der Waals surface area contributed by atoms with Crippen molar-refractivity contribution in [2.45, 2.75) is 38.8 Å². The van der Waals surface area contributed by atoms with Crippen LogP contribution >= 0.6 is 15.9 Å². The highest BCUT2D eigenvalue weighted by atomic mass is 79.9. The van der Waals surface area contributed by atoms with Gasteiger partial charge in [-0.05, 0) is 55.8 Å². The first-order chi connectivity index (χ1) is 6.72. The van der Waals surface area contributed by atoms with Crippen molar-refractivity contribution >= 4 is 21.7 Å². The van der Waals surface area contributed by atoms with Crippen LogP contribution in [0.15, 0.2) is 22.8 Å².